The Morgan fingerprint density at radius 2 is 0.554 bits per heavy atom. The zero-order valence-corrected chi connectivity index (χ0v) is 55.4. The van der Waals surface area contributed by atoms with E-state index in [1.165, 1.54) is 116 Å². The Labute approximate surface area is 505 Å². The summed E-state index contributed by atoms with van der Waals surface area (Å²) < 4.78 is 68.0. The smallest absolute Gasteiger partial charge is 0.462 e. The fraction of sp³-hybridized carbons (Fsp3) is 0.938. The molecule has 19 heteroatoms. The lowest BCUT2D eigenvalue weighted by molar-refractivity contribution is -0.161. The van der Waals surface area contributed by atoms with E-state index in [4.69, 9.17) is 37.0 Å². The molecular formula is C64H124O17P2. The summed E-state index contributed by atoms with van der Waals surface area (Å²) in [5, 5.41) is 10.5. The van der Waals surface area contributed by atoms with Gasteiger partial charge in [-0.2, -0.15) is 0 Å². The third-order valence-electron chi connectivity index (χ3n) is 14.6. The number of esters is 4. The molecule has 0 aliphatic carbocycles. The molecular weight excluding hydrogens is 1100 g/mol. The SMILES string of the molecule is CCCCCCCCCCCCCC(=O)O[C@H](COC(=O)CCCCCCCCC(C)C)COP(=O)(O)OC[C@H](O)COP(=O)(O)OC[C@@H](COC(=O)CCCCCCCCCCC(C)C)OC(=O)CCCCCCCCCCCC(C)C. The van der Waals surface area contributed by atoms with Crippen LogP contribution in [0.15, 0.2) is 0 Å². The first-order chi connectivity index (χ1) is 39.7. The minimum atomic E-state index is -4.94. The van der Waals surface area contributed by atoms with Crippen LogP contribution in [0.3, 0.4) is 0 Å². The lowest BCUT2D eigenvalue weighted by atomic mass is 10.0. The second-order valence-corrected chi connectivity index (χ2v) is 27.5. The normalized spacial score (nSPS) is 14.4. The first kappa shape index (κ1) is 81.1. The summed E-state index contributed by atoms with van der Waals surface area (Å²) in [6.07, 6.45) is 36.3. The molecule has 0 aromatic carbocycles. The number of ether oxygens (including phenoxy) is 4. The molecule has 0 heterocycles. The Morgan fingerprint density at radius 3 is 0.819 bits per heavy atom. The minimum Gasteiger partial charge on any atom is -0.462 e. The summed E-state index contributed by atoms with van der Waals surface area (Å²) in [5.41, 5.74) is 0. The second kappa shape index (κ2) is 55.4. The molecule has 5 atom stereocenters. The molecule has 0 saturated carbocycles. The average Bonchev–Trinajstić information content (AvgIpc) is 3.43. The van der Waals surface area contributed by atoms with Crippen LogP contribution in [0.5, 0.6) is 0 Å². The van der Waals surface area contributed by atoms with Crippen molar-refractivity contribution in [1.29, 1.82) is 0 Å². The summed E-state index contributed by atoms with van der Waals surface area (Å²) in [4.78, 5) is 72.2. The van der Waals surface area contributed by atoms with Crippen LogP contribution < -0.4 is 0 Å². The predicted octanol–water partition coefficient (Wildman–Crippen LogP) is 17.5. The molecule has 2 unspecified atom stereocenters. The lowest BCUT2D eigenvalue weighted by Crippen LogP contribution is -2.30. The molecule has 0 spiro atoms. The number of hydrogen-bond donors (Lipinski definition) is 3. The third kappa shape index (κ3) is 58.8. The molecule has 0 aliphatic heterocycles. The van der Waals surface area contributed by atoms with Crippen LogP contribution in [0.25, 0.3) is 0 Å². The lowest BCUT2D eigenvalue weighted by Gasteiger charge is -2.21. The van der Waals surface area contributed by atoms with Crippen molar-refractivity contribution in [2.24, 2.45) is 17.8 Å². The number of unbranched alkanes of at least 4 members (excludes halogenated alkanes) is 30. The molecule has 0 aromatic rings. The van der Waals surface area contributed by atoms with E-state index < -0.39 is 97.5 Å². The largest absolute Gasteiger partial charge is 0.472 e. The van der Waals surface area contributed by atoms with Crippen LogP contribution in [0.4, 0.5) is 0 Å². The highest BCUT2D eigenvalue weighted by molar-refractivity contribution is 7.47. The standard InChI is InChI=1S/C64H124O17P2/c1-8-9-10-11-12-13-14-17-24-33-40-47-63(68)81-60(52-75-62(67)46-39-32-27-26-30-37-44-57(6)7)54-79-83(72,73)77-50-58(65)49-76-82(70,71)78-53-59(51-74-61(66)45-38-31-23-20-19-22-29-36-43-56(4)5)80-64(69)48-41-34-25-18-15-16-21-28-35-42-55(2)3/h55-60,65H,8-54H2,1-7H3,(H,70,71)(H,72,73)/t58-,59-,60-/m1/s1. The summed E-state index contributed by atoms with van der Waals surface area (Å²) in [7, 11) is -9.89. The Morgan fingerprint density at radius 1 is 0.325 bits per heavy atom. The molecule has 0 aromatic heterocycles. The van der Waals surface area contributed by atoms with Crippen LogP contribution in [0, 0.1) is 17.8 Å². The van der Waals surface area contributed by atoms with Gasteiger partial charge in [-0.25, -0.2) is 9.13 Å². The number of aliphatic hydroxyl groups is 1. The van der Waals surface area contributed by atoms with Gasteiger partial charge in [0.15, 0.2) is 12.2 Å². The predicted molar refractivity (Wildman–Crippen MR) is 331 cm³/mol. The maximum absolute atomic E-state index is 13.0. The van der Waals surface area contributed by atoms with Crippen LogP contribution in [0.2, 0.25) is 0 Å². The molecule has 3 N–H and O–H groups in total. The Kier molecular flexibility index (Phi) is 54.1. The molecule has 0 amide bonds. The average molecular weight is 1230 g/mol. The van der Waals surface area contributed by atoms with Crippen molar-refractivity contribution in [3.8, 4) is 0 Å². The van der Waals surface area contributed by atoms with Crippen LogP contribution in [-0.2, 0) is 65.4 Å². The van der Waals surface area contributed by atoms with Crippen molar-refractivity contribution in [2.45, 2.75) is 330 Å². The van der Waals surface area contributed by atoms with Crippen LogP contribution in [-0.4, -0.2) is 96.7 Å². The van der Waals surface area contributed by atoms with E-state index >= 15 is 0 Å². The van der Waals surface area contributed by atoms with Crippen molar-refractivity contribution in [2.75, 3.05) is 39.6 Å². The van der Waals surface area contributed by atoms with Gasteiger partial charge >= 0.3 is 39.5 Å². The van der Waals surface area contributed by atoms with Crippen molar-refractivity contribution >= 4 is 39.5 Å². The summed E-state index contributed by atoms with van der Waals surface area (Å²) in [6.45, 7) is 11.6. The van der Waals surface area contributed by atoms with Crippen LogP contribution >= 0.6 is 15.6 Å². The fourth-order valence-corrected chi connectivity index (χ4v) is 11.1. The Balaban J connectivity index is 5.25. The van der Waals surface area contributed by atoms with Gasteiger partial charge in [-0.1, -0.05) is 260 Å². The molecule has 0 saturated heterocycles. The van der Waals surface area contributed by atoms with E-state index in [1.807, 2.05) is 0 Å². The molecule has 0 fully saturated rings. The van der Waals surface area contributed by atoms with Gasteiger partial charge < -0.3 is 33.8 Å². The van der Waals surface area contributed by atoms with E-state index in [9.17, 15) is 43.2 Å². The van der Waals surface area contributed by atoms with Gasteiger partial charge in [0.1, 0.15) is 19.3 Å². The second-order valence-electron chi connectivity index (χ2n) is 24.6. The molecule has 0 bridgehead atoms. The van der Waals surface area contributed by atoms with E-state index in [-0.39, 0.29) is 25.7 Å². The first-order valence-electron chi connectivity index (χ1n) is 33.3. The highest BCUT2D eigenvalue weighted by Gasteiger charge is 2.30. The van der Waals surface area contributed by atoms with Crippen molar-refractivity contribution < 1.29 is 80.2 Å². The fourth-order valence-electron chi connectivity index (χ4n) is 9.48. The van der Waals surface area contributed by atoms with Gasteiger partial charge in [-0.3, -0.25) is 37.3 Å². The van der Waals surface area contributed by atoms with Gasteiger partial charge in [0, 0.05) is 25.7 Å². The maximum atomic E-state index is 13.0. The third-order valence-corrected chi connectivity index (χ3v) is 16.5. The monoisotopic (exact) mass is 1230 g/mol. The summed E-state index contributed by atoms with van der Waals surface area (Å²) in [5.74, 6) is 0.00502. The highest BCUT2D eigenvalue weighted by atomic mass is 31.2. The minimum absolute atomic E-state index is 0.104. The summed E-state index contributed by atoms with van der Waals surface area (Å²) in [6, 6.07) is 0. The number of carbonyl (C=O) groups excluding carboxylic acids is 4. The molecule has 0 rings (SSSR count). The quantitative estimate of drug-likeness (QED) is 0.0222. The number of phosphoric acid groups is 2. The molecule has 83 heavy (non-hydrogen) atoms. The van der Waals surface area contributed by atoms with Gasteiger partial charge in [0.25, 0.3) is 0 Å². The highest BCUT2D eigenvalue weighted by Crippen LogP contribution is 2.45. The van der Waals surface area contributed by atoms with E-state index in [0.717, 1.165) is 108 Å². The van der Waals surface area contributed by atoms with Gasteiger partial charge in [0.2, 0.25) is 0 Å². The summed E-state index contributed by atoms with van der Waals surface area (Å²) >= 11 is 0. The number of carbonyl (C=O) groups is 4. The Bertz CT molecular complexity index is 1650. The molecule has 492 valence electrons. The van der Waals surface area contributed by atoms with Crippen molar-refractivity contribution in [1.82, 2.24) is 0 Å². The van der Waals surface area contributed by atoms with Crippen LogP contribution in [0.1, 0.15) is 312 Å². The van der Waals surface area contributed by atoms with Gasteiger partial charge in [-0.05, 0) is 43.4 Å². The molecule has 0 radical (unpaired) electrons. The number of hydrogen-bond acceptors (Lipinski definition) is 15. The zero-order chi connectivity index (χ0) is 61.7. The molecule has 0 aliphatic rings. The zero-order valence-electron chi connectivity index (χ0n) is 53.6. The van der Waals surface area contributed by atoms with Crippen molar-refractivity contribution in [3.63, 3.8) is 0 Å². The van der Waals surface area contributed by atoms with Crippen molar-refractivity contribution in [3.05, 3.63) is 0 Å². The number of phosphoric ester groups is 2. The number of rotatable bonds is 62. The van der Waals surface area contributed by atoms with Gasteiger partial charge in [0.05, 0.1) is 26.4 Å². The van der Waals surface area contributed by atoms with E-state index in [0.29, 0.717) is 31.6 Å². The van der Waals surface area contributed by atoms with Gasteiger partial charge in [-0.15, -0.1) is 0 Å². The maximum Gasteiger partial charge on any atom is 0.472 e. The number of aliphatic hydroxyl groups excluding tert-OH is 1. The van der Waals surface area contributed by atoms with E-state index in [2.05, 4.69) is 48.5 Å². The van der Waals surface area contributed by atoms with E-state index in [1.54, 1.807) is 0 Å². The topological polar surface area (TPSA) is 237 Å². The Hall–Kier alpha value is -1.94. The molecule has 17 nitrogen and oxygen atoms in total. The first-order valence-corrected chi connectivity index (χ1v) is 36.3.